The summed E-state index contributed by atoms with van der Waals surface area (Å²) >= 11 is 0. The highest BCUT2D eigenvalue weighted by Crippen LogP contribution is 2.11. The fourth-order valence-electron chi connectivity index (χ4n) is 1.43. The van der Waals surface area contributed by atoms with Gasteiger partial charge in [-0.15, -0.1) is 0 Å². The lowest BCUT2D eigenvalue weighted by atomic mass is 10.1. The molecule has 2 aromatic heterocycles. The third kappa shape index (κ3) is 2.67. The Labute approximate surface area is 89.1 Å². The standard InChI is InChI=1S/C12H14N2O/c1-10(12-2-5-13-6-3-12)14-8-11-4-7-15-9-11/h2-7,9-10,14H,8H2,1H3/t10-/m0/s1. The summed E-state index contributed by atoms with van der Waals surface area (Å²) in [6, 6.07) is 6.33. The van der Waals surface area contributed by atoms with Gasteiger partial charge in [0, 0.05) is 30.5 Å². The molecular formula is C12H14N2O. The number of aromatic nitrogens is 1. The molecule has 0 saturated carbocycles. The van der Waals surface area contributed by atoms with Gasteiger partial charge >= 0.3 is 0 Å². The lowest BCUT2D eigenvalue weighted by Crippen LogP contribution is -2.17. The Bertz CT molecular complexity index is 383. The largest absolute Gasteiger partial charge is 0.472 e. The molecule has 2 rings (SSSR count). The van der Waals surface area contributed by atoms with Crippen molar-refractivity contribution >= 4 is 0 Å². The van der Waals surface area contributed by atoms with Gasteiger partial charge in [-0.3, -0.25) is 4.98 Å². The first-order valence-electron chi connectivity index (χ1n) is 5.00. The van der Waals surface area contributed by atoms with Gasteiger partial charge in [0.1, 0.15) is 0 Å². The van der Waals surface area contributed by atoms with Gasteiger partial charge in [0.25, 0.3) is 0 Å². The van der Waals surface area contributed by atoms with Crippen molar-refractivity contribution in [3.63, 3.8) is 0 Å². The van der Waals surface area contributed by atoms with Crippen molar-refractivity contribution in [3.05, 3.63) is 54.2 Å². The molecule has 0 radical (unpaired) electrons. The average molecular weight is 202 g/mol. The van der Waals surface area contributed by atoms with E-state index >= 15 is 0 Å². The molecule has 0 bridgehead atoms. The summed E-state index contributed by atoms with van der Waals surface area (Å²) in [7, 11) is 0. The van der Waals surface area contributed by atoms with Crippen LogP contribution in [0.1, 0.15) is 24.1 Å². The van der Waals surface area contributed by atoms with Gasteiger partial charge in [-0.05, 0) is 30.7 Å². The maximum atomic E-state index is 5.00. The molecule has 0 aromatic carbocycles. The van der Waals surface area contributed by atoms with Crippen LogP contribution in [0.2, 0.25) is 0 Å². The number of nitrogens with zero attached hydrogens (tertiary/aromatic N) is 1. The highest BCUT2D eigenvalue weighted by molar-refractivity contribution is 5.14. The fourth-order valence-corrected chi connectivity index (χ4v) is 1.43. The van der Waals surface area contributed by atoms with E-state index in [-0.39, 0.29) is 0 Å². The van der Waals surface area contributed by atoms with Crippen LogP contribution >= 0.6 is 0 Å². The molecule has 3 heteroatoms. The smallest absolute Gasteiger partial charge is 0.0947 e. The number of hydrogen-bond donors (Lipinski definition) is 1. The minimum Gasteiger partial charge on any atom is -0.472 e. The lowest BCUT2D eigenvalue weighted by molar-refractivity contribution is 0.546. The number of rotatable bonds is 4. The molecule has 2 aromatic rings. The molecule has 0 aliphatic heterocycles. The first-order chi connectivity index (χ1) is 7.36. The number of hydrogen-bond acceptors (Lipinski definition) is 3. The zero-order chi connectivity index (χ0) is 10.5. The Balaban J connectivity index is 1.90. The van der Waals surface area contributed by atoms with Crippen LogP contribution in [0.4, 0.5) is 0 Å². The van der Waals surface area contributed by atoms with E-state index in [0.29, 0.717) is 6.04 Å². The number of nitrogens with one attached hydrogen (secondary N) is 1. The lowest BCUT2D eigenvalue weighted by Gasteiger charge is -2.12. The monoisotopic (exact) mass is 202 g/mol. The van der Waals surface area contributed by atoms with Crippen LogP contribution in [0.5, 0.6) is 0 Å². The molecule has 2 heterocycles. The Morgan fingerprint density at radius 3 is 2.80 bits per heavy atom. The summed E-state index contributed by atoms with van der Waals surface area (Å²) in [6.45, 7) is 2.95. The van der Waals surface area contributed by atoms with Crippen LogP contribution < -0.4 is 5.32 Å². The number of pyridine rings is 1. The summed E-state index contributed by atoms with van der Waals surface area (Å²) < 4.78 is 5.00. The third-order valence-corrected chi connectivity index (χ3v) is 2.40. The first kappa shape index (κ1) is 9.93. The zero-order valence-electron chi connectivity index (χ0n) is 8.68. The normalized spacial score (nSPS) is 12.6. The van der Waals surface area contributed by atoms with Gasteiger partial charge < -0.3 is 9.73 Å². The predicted octanol–water partition coefficient (Wildman–Crippen LogP) is 2.53. The molecule has 3 nitrogen and oxygen atoms in total. The Morgan fingerprint density at radius 2 is 2.13 bits per heavy atom. The molecule has 0 fully saturated rings. The predicted molar refractivity (Wildman–Crippen MR) is 58.2 cm³/mol. The third-order valence-electron chi connectivity index (χ3n) is 2.40. The van der Waals surface area contributed by atoms with E-state index in [1.54, 1.807) is 12.5 Å². The Hall–Kier alpha value is -1.61. The molecule has 0 saturated heterocycles. The quantitative estimate of drug-likeness (QED) is 0.827. The summed E-state index contributed by atoms with van der Waals surface area (Å²) in [5.41, 5.74) is 2.41. The minimum absolute atomic E-state index is 0.322. The van der Waals surface area contributed by atoms with Gasteiger partial charge in [-0.1, -0.05) is 0 Å². The minimum atomic E-state index is 0.322. The summed E-state index contributed by atoms with van der Waals surface area (Å²) in [5, 5.41) is 3.41. The summed E-state index contributed by atoms with van der Waals surface area (Å²) in [4.78, 5) is 4.00. The molecule has 0 spiro atoms. The SMILES string of the molecule is C[C@H](NCc1ccoc1)c1ccncc1. The van der Waals surface area contributed by atoms with Crippen molar-refractivity contribution in [1.29, 1.82) is 0 Å². The molecule has 0 amide bonds. The van der Waals surface area contributed by atoms with Gasteiger partial charge in [-0.25, -0.2) is 0 Å². The second kappa shape index (κ2) is 4.75. The zero-order valence-corrected chi connectivity index (χ0v) is 8.68. The molecule has 15 heavy (non-hydrogen) atoms. The fraction of sp³-hybridized carbons (Fsp3) is 0.250. The van der Waals surface area contributed by atoms with Gasteiger partial charge in [0.2, 0.25) is 0 Å². The Morgan fingerprint density at radius 1 is 1.33 bits per heavy atom. The topological polar surface area (TPSA) is 38.1 Å². The summed E-state index contributed by atoms with van der Waals surface area (Å²) in [5.74, 6) is 0. The van der Waals surface area contributed by atoms with E-state index in [0.717, 1.165) is 12.1 Å². The van der Waals surface area contributed by atoms with Crippen molar-refractivity contribution in [2.45, 2.75) is 19.5 Å². The molecule has 1 atom stereocenters. The maximum absolute atomic E-state index is 5.00. The van der Waals surface area contributed by atoms with Gasteiger partial charge in [0.15, 0.2) is 0 Å². The van der Waals surface area contributed by atoms with E-state index in [2.05, 4.69) is 17.2 Å². The second-order valence-corrected chi connectivity index (χ2v) is 3.51. The van der Waals surface area contributed by atoms with Crippen LogP contribution in [0.3, 0.4) is 0 Å². The molecule has 78 valence electrons. The van der Waals surface area contributed by atoms with Crippen LogP contribution in [0.25, 0.3) is 0 Å². The van der Waals surface area contributed by atoms with Crippen LogP contribution in [-0.4, -0.2) is 4.98 Å². The van der Waals surface area contributed by atoms with Crippen LogP contribution in [0.15, 0.2) is 47.5 Å². The highest BCUT2D eigenvalue weighted by Gasteiger charge is 2.03. The van der Waals surface area contributed by atoms with Crippen molar-refractivity contribution in [2.75, 3.05) is 0 Å². The van der Waals surface area contributed by atoms with E-state index in [4.69, 9.17) is 4.42 Å². The molecule has 0 aliphatic carbocycles. The molecular weight excluding hydrogens is 188 g/mol. The first-order valence-corrected chi connectivity index (χ1v) is 5.00. The number of furan rings is 1. The van der Waals surface area contributed by atoms with E-state index in [1.807, 2.05) is 30.6 Å². The summed E-state index contributed by atoms with van der Waals surface area (Å²) in [6.07, 6.45) is 7.07. The van der Waals surface area contributed by atoms with Crippen LogP contribution in [0, 0.1) is 0 Å². The van der Waals surface area contributed by atoms with E-state index in [9.17, 15) is 0 Å². The van der Waals surface area contributed by atoms with Crippen molar-refractivity contribution in [2.24, 2.45) is 0 Å². The van der Waals surface area contributed by atoms with E-state index in [1.165, 1.54) is 5.56 Å². The highest BCUT2D eigenvalue weighted by atomic mass is 16.3. The average Bonchev–Trinajstić information content (AvgIpc) is 2.80. The van der Waals surface area contributed by atoms with Crippen molar-refractivity contribution in [3.8, 4) is 0 Å². The maximum Gasteiger partial charge on any atom is 0.0947 e. The van der Waals surface area contributed by atoms with Crippen molar-refractivity contribution in [1.82, 2.24) is 10.3 Å². The van der Waals surface area contributed by atoms with Crippen molar-refractivity contribution < 1.29 is 4.42 Å². The van der Waals surface area contributed by atoms with Gasteiger partial charge in [0.05, 0.1) is 12.5 Å². The van der Waals surface area contributed by atoms with E-state index < -0.39 is 0 Å². The second-order valence-electron chi connectivity index (χ2n) is 3.51. The molecule has 1 N–H and O–H groups in total. The van der Waals surface area contributed by atoms with Crippen LogP contribution in [-0.2, 0) is 6.54 Å². The molecule has 0 aliphatic rings. The molecule has 0 unspecified atom stereocenters. The Kier molecular flexibility index (Phi) is 3.15. The van der Waals surface area contributed by atoms with Gasteiger partial charge in [-0.2, -0.15) is 0 Å².